The smallest absolute Gasteiger partial charge is 0.323 e. The highest BCUT2D eigenvalue weighted by molar-refractivity contribution is 6.07. The van der Waals surface area contributed by atoms with E-state index in [-0.39, 0.29) is 17.8 Å². The van der Waals surface area contributed by atoms with Crippen molar-refractivity contribution < 1.29 is 14.4 Å². The summed E-state index contributed by atoms with van der Waals surface area (Å²) in [6.45, 7) is 0.365. The average Bonchev–Trinajstić information content (AvgIpc) is 2.67. The van der Waals surface area contributed by atoms with Crippen LogP contribution in [-0.4, -0.2) is 34.8 Å². The van der Waals surface area contributed by atoms with Crippen molar-refractivity contribution in [2.45, 2.75) is 56.9 Å². The number of nitrogens with one attached hydrogen (secondary N) is 2. The van der Waals surface area contributed by atoms with E-state index >= 15 is 0 Å². The SMILES string of the molecule is NNC(=O)CCCCN1C(=O)NC2(CCCCC2)C1=O. The minimum Gasteiger partial charge on any atom is -0.323 e. The molecule has 112 valence electrons. The van der Waals surface area contributed by atoms with Gasteiger partial charge in [0.25, 0.3) is 5.91 Å². The van der Waals surface area contributed by atoms with Crippen LogP contribution in [0.3, 0.4) is 0 Å². The Morgan fingerprint density at radius 3 is 2.60 bits per heavy atom. The third kappa shape index (κ3) is 2.92. The molecule has 2 fully saturated rings. The molecule has 0 atom stereocenters. The summed E-state index contributed by atoms with van der Waals surface area (Å²) in [6, 6.07) is -0.292. The number of hydrazine groups is 1. The second-order valence-corrected chi connectivity index (χ2v) is 5.55. The molecule has 4 N–H and O–H groups in total. The zero-order valence-corrected chi connectivity index (χ0v) is 11.6. The lowest BCUT2D eigenvalue weighted by atomic mass is 9.82. The van der Waals surface area contributed by atoms with E-state index in [1.807, 2.05) is 0 Å². The van der Waals surface area contributed by atoms with Crippen molar-refractivity contribution in [2.24, 2.45) is 5.84 Å². The summed E-state index contributed by atoms with van der Waals surface area (Å²) in [5.74, 6) is 4.66. The second kappa shape index (κ2) is 6.21. The van der Waals surface area contributed by atoms with E-state index in [1.54, 1.807) is 0 Å². The fraction of sp³-hybridized carbons (Fsp3) is 0.769. The molecular weight excluding hydrogens is 260 g/mol. The van der Waals surface area contributed by atoms with Crippen molar-refractivity contribution in [1.82, 2.24) is 15.6 Å². The molecule has 0 radical (unpaired) electrons. The van der Waals surface area contributed by atoms with Crippen LogP contribution < -0.4 is 16.6 Å². The maximum absolute atomic E-state index is 12.4. The van der Waals surface area contributed by atoms with E-state index in [4.69, 9.17) is 5.84 Å². The summed E-state index contributed by atoms with van der Waals surface area (Å²) in [6.07, 6.45) is 6.10. The van der Waals surface area contributed by atoms with E-state index in [9.17, 15) is 14.4 Å². The van der Waals surface area contributed by atoms with Gasteiger partial charge in [-0.3, -0.25) is 19.9 Å². The van der Waals surface area contributed by atoms with Gasteiger partial charge in [-0.15, -0.1) is 0 Å². The van der Waals surface area contributed by atoms with Crippen LogP contribution in [0.2, 0.25) is 0 Å². The molecule has 0 aromatic rings. The van der Waals surface area contributed by atoms with E-state index in [2.05, 4.69) is 10.7 Å². The van der Waals surface area contributed by atoms with Gasteiger partial charge in [-0.2, -0.15) is 0 Å². The number of carbonyl (C=O) groups is 3. The highest BCUT2D eigenvalue weighted by atomic mass is 16.2. The van der Waals surface area contributed by atoms with Crippen LogP contribution in [-0.2, 0) is 9.59 Å². The minimum absolute atomic E-state index is 0.0922. The Balaban J connectivity index is 1.84. The number of unbranched alkanes of at least 4 members (excludes halogenated alkanes) is 1. The molecule has 1 heterocycles. The molecule has 1 spiro atoms. The standard InChI is InChI=1S/C13H22N4O3/c14-16-10(18)6-2-5-9-17-11(19)13(15-12(17)20)7-3-1-4-8-13/h1-9,14H2,(H,15,20)(H,16,18). The second-order valence-electron chi connectivity index (χ2n) is 5.55. The summed E-state index contributed by atoms with van der Waals surface area (Å²) < 4.78 is 0. The lowest BCUT2D eigenvalue weighted by Crippen LogP contribution is -2.48. The number of nitrogens with two attached hydrogens (primary N) is 1. The van der Waals surface area contributed by atoms with Crippen LogP contribution in [0.25, 0.3) is 0 Å². The molecule has 0 bridgehead atoms. The van der Waals surface area contributed by atoms with Gasteiger partial charge < -0.3 is 5.32 Å². The van der Waals surface area contributed by atoms with Crippen LogP contribution in [0.15, 0.2) is 0 Å². The number of hydrogen-bond acceptors (Lipinski definition) is 4. The fourth-order valence-corrected chi connectivity index (χ4v) is 3.00. The third-order valence-electron chi connectivity index (χ3n) is 4.15. The van der Waals surface area contributed by atoms with Crippen molar-refractivity contribution in [2.75, 3.05) is 6.54 Å². The molecule has 2 aliphatic rings. The summed E-state index contributed by atoms with van der Waals surface area (Å²) in [5, 5.41) is 2.87. The van der Waals surface area contributed by atoms with Crippen molar-refractivity contribution in [3.05, 3.63) is 0 Å². The molecule has 4 amide bonds. The van der Waals surface area contributed by atoms with Gasteiger partial charge in [-0.05, 0) is 25.7 Å². The molecule has 0 aromatic carbocycles. The Morgan fingerprint density at radius 1 is 1.25 bits per heavy atom. The number of rotatable bonds is 5. The summed E-state index contributed by atoms with van der Waals surface area (Å²) in [5.41, 5.74) is 1.41. The van der Waals surface area contributed by atoms with Crippen molar-refractivity contribution >= 4 is 17.8 Å². The first-order valence-electron chi connectivity index (χ1n) is 7.23. The molecule has 7 heteroatoms. The molecule has 7 nitrogen and oxygen atoms in total. The van der Waals surface area contributed by atoms with Gasteiger partial charge in [0.15, 0.2) is 0 Å². The number of carbonyl (C=O) groups excluding carboxylic acids is 3. The Bertz CT molecular complexity index is 404. The molecule has 1 saturated heterocycles. The van der Waals surface area contributed by atoms with Crippen LogP contribution >= 0.6 is 0 Å². The fourth-order valence-electron chi connectivity index (χ4n) is 3.00. The van der Waals surface area contributed by atoms with Gasteiger partial charge in [0.05, 0.1) is 0 Å². The molecular formula is C13H22N4O3. The van der Waals surface area contributed by atoms with Crippen LogP contribution in [0, 0.1) is 0 Å². The van der Waals surface area contributed by atoms with Crippen LogP contribution in [0.4, 0.5) is 4.79 Å². The Morgan fingerprint density at radius 2 is 1.95 bits per heavy atom. The zero-order valence-electron chi connectivity index (χ0n) is 11.6. The maximum atomic E-state index is 12.4. The van der Waals surface area contributed by atoms with Gasteiger partial charge in [-0.1, -0.05) is 19.3 Å². The van der Waals surface area contributed by atoms with E-state index in [1.165, 1.54) is 4.90 Å². The average molecular weight is 282 g/mol. The molecule has 1 aliphatic heterocycles. The predicted molar refractivity (Wildman–Crippen MR) is 72.2 cm³/mol. The number of urea groups is 1. The third-order valence-corrected chi connectivity index (χ3v) is 4.15. The first-order chi connectivity index (χ1) is 9.59. The van der Waals surface area contributed by atoms with E-state index in [0.717, 1.165) is 32.1 Å². The van der Waals surface area contributed by atoms with Crippen molar-refractivity contribution in [1.29, 1.82) is 0 Å². The zero-order chi connectivity index (χ0) is 14.6. The van der Waals surface area contributed by atoms with E-state index in [0.29, 0.717) is 25.8 Å². The summed E-state index contributed by atoms with van der Waals surface area (Å²) in [7, 11) is 0. The lowest BCUT2D eigenvalue weighted by Gasteiger charge is -2.30. The summed E-state index contributed by atoms with van der Waals surface area (Å²) in [4.78, 5) is 36.6. The molecule has 2 rings (SSSR count). The highest BCUT2D eigenvalue weighted by Gasteiger charge is 2.50. The first kappa shape index (κ1) is 14.8. The van der Waals surface area contributed by atoms with Crippen LogP contribution in [0.1, 0.15) is 51.4 Å². The van der Waals surface area contributed by atoms with Gasteiger partial charge in [0, 0.05) is 13.0 Å². The number of nitrogens with zero attached hydrogens (tertiary/aromatic N) is 1. The number of amides is 4. The quantitative estimate of drug-likeness (QED) is 0.223. The van der Waals surface area contributed by atoms with Crippen molar-refractivity contribution in [3.8, 4) is 0 Å². The predicted octanol–water partition coefficient (Wildman–Crippen LogP) is 0.401. The molecule has 0 unspecified atom stereocenters. The normalized spacial score (nSPS) is 21.1. The van der Waals surface area contributed by atoms with Crippen LogP contribution in [0.5, 0.6) is 0 Å². The highest BCUT2D eigenvalue weighted by Crippen LogP contribution is 2.33. The van der Waals surface area contributed by atoms with E-state index < -0.39 is 5.54 Å². The monoisotopic (exact) mass is 282 g/mol. The Hall–Kier alpha value is -1.63. The lowest BCUT2D eigenvalue weighted by molar-refractivity contribution is -0.132. The largest absolute Gasteiger partial charge is 0.325 e. The maximum Gasteiger partial charge on any atom is 0.325 e. The molecule has 1 aliphatic carbocycles. The molecule has 0 aromatic heterocycles. The topological polar surface area (TPSA) is 105 Å². The van der Waals surface area contributed by atoms with Gasteiger partial charge >= 0.3 is 6.03 Å². The van der Waals surface area contributed by atoms with Gasteiger partial charge in [-0.25, -0.2) is 10.6 Å². The number of hydrogen-bond donors (Lipinski definition) is 3. The Kier molecular flexibility index (Phi) is 4.59. The first-order valence-corrected chi connectivity index (χ1v) is 7.23. The van der Waals surface area contributed by atoms with Gasteiger partial charge in [0.1, 0.15) is 5.54 Å². The van der Waals surface area contributed by atoms with Crippen molar-refractivity contribution in [3.63, 3.8) is 0 Å². The van der Waals surface area contributed by atoms with Gasteiger partial charge in [0.2, 0.25) is 5.91 Å². The Labute approximate surface area is 118 Å². The number of imide groups is 1. The summed E-state index contributed by atoms with van der Waals surface area (Å²) >= 11 is 0. The molecule has 20 heavy (non-hydrogen) atoms. The molecule has 1 saturated carbocycles. The minimum atomic E-state index is -0.649.